The second-order valence-electron chi connectivity index (χ2n) is 3.07. The maximum atomic E-state index is 12.2. The Morgan fingerprint density at radius 3 is 2.75 bits per heavy atom. The van der Waals surface area contributed by atoms with Gasteiger partial charge in [0, 0.05) is 31.2 Å². The summed E-state index contributed by atoms with van der Waals surface area (Å²) in [5.74, 6) is -0.514. The van der Waals surface area contributed by atoms with Gasteiger partial charge in [0.05, 0.1) is 0 Å². The molecular formula is C8H14F2N2. The van der Waals surface area contributed by atoms with Crippen LogP contribution in [0.3, 0.4) is 0 Å². The summed E-state index contributed by atoms with van der Waals surface area (Å²) in [7, 11) is 1.75. The van der Waals surface area contributed by atoms with Crippen molar-refractivity contribution in [3.8, 4) is 0 Å². The lowest BCUT2D eigenvalue weighted by Crippen LogP contribution is -2.28. The van der Waals surface area contributed by atoms with Crippen molar-refractivity contribution < 1.29 is 8.78 Å². The number of hydrogen-bond donors (Lipinski definition) is 2. The van der Waals surface area contributed by atoms with E-state index in [0.29, 0.717) is 13.0 Å². The minimum Gasteiger partial charge on any atom is -0.391 e. The summed E-state index contributed by atoms with van der Waals surface area (Å²) in [5, 5.41) is 5.86. The summed E-state index contributed by atoms with van der Waals surface area (Å²) in [6.45, 7) is 4.12. The maximum Gasteiger partial charge on any atom is 0.242 e. The predicted octanol–water partition coefficient (Wildman–Crippen LogP) is 0.963. The van der Waals surface area contributed by atoms with E-state index in [0.717, 1.165) is 5.70 Å². The van der Waals surface area contributed by atoms with Crippen molar-refractivity contribution in [3.63, 3.8) is 0 Å². The quantitative estimate of drug-likeness (QED) is 0.669. The van der Waals surface area contributed by atoms with Gasteiger partial charge in [0.1, 0.15) is 0 Å². The molecule has 0 spiro atoms. The van der Waals surface area contributed by atoms with Gasteiger partial charge in [-0.3, -0.25) is 0 Å². The molecule has 0 saturated carbocycles. The lowest BCUT2D eigenvalue weighted by molar-refractivity contribution is 0.0862. The van der Waals surface area contributed by atoms with Crippen LogP contribution in [0.15, 0.2) is 12.3 Å². The Labute approximate surface area is 71.0 Å². The van der Waals surface area contributed by atoms with Crippen LogP contribution in [0.1, 0.15) is 6.42 Å². The third kappa shape index (κ3) is 1.94. The molecule has 0 aromatic carbocycles. The molecular weight excluding hydrogens is 162 g/mol. The van der Waals surface area contributed by atoms with Gasteiger partial charge in [-0.05, 0) is 6.42 Å². The first kappa shape index (κ1) is 9.45. The van der Waals surface area contributed by atoms with Crippen molar-refractivity contribution in [2.45, 2.75) is 18.9 Å². The van der Waals surface area contributed by atoms with E-state index in [1.165, 1.54) is 0 Å². The molecule has 1 fully saturated rings. The van der Waals surface area contributed by atoms with Gasteiger partial charge in [0.25, 0.3) is 0 Å². The highest BCUT2D eigenvalue weighted by molar-refractivity contribution is 5.06. The van der Waals surface area contributed by atoms with Gasteiger partial charge in [-0.15, -0.1) is 0 Å². The van der Waals surface area contributed by atoms with Gasteiger partial charge in [-0.2, -0.15) is 0 Å². The van der Waals surface area contributed by atoms with Crippen molar-refractivity contribution in [2.24, 2.45) is 5.92 Å². The fraction of sp³-hybridized carbons (Fsp3) is 0.750. The monoisotopic (exact) mass is 176 g/mol. The van der Waals surface area contributed by atoms with Gasteiger partial charge in [0.15, 0.2) is 0 Å². The molecule has 0 aliphatic carbocycles. The summed E-state index contributed by atoms with van der Waals surface area (Å²) in [6, 6.07) is 0.00833. The van der Waals surface area contributed by atoms with E-state index in [4.69, 9.17) is 0 Å². The number of halogens is 2. The molecule has 1 heterocycles. The smallest absolute Gasteiger partial charge is 0.242 e. The topological polar surface area (TPSA) is 24.1 Å². The third-order valence-corrected chi connectivity index (χ3v) is 2.26. The van der Waals surface area contributed by atoms with Gasteiger partial charge in [-0.25, -0.2) is 8.78 Å². The van der Waals surface area contributed by atoms with Crippen molar-refractivity contribution in [2.75, 3.05) is 13.6 Å². The molecule has 0 bridgehead atoms. The van der Waals surface area contributed by atoms with E-state index < -0.39 is 12.3 Å². The van der Waals surface area contributed by atoms with Crippen molar-refractivity contribution in [1.82, 2.24) is 10.6 Å². The maximum absolute atomic E-state index is 12.2. The molecule has 12 heavy (non-hydrogen) atoms. The van der Waals surface area contributed by atoms with Gasteiger partial charge in [-0.1, -0.05) is 6.58 Å². The number of alkyl halides is 2. The average Bonchev–Trinajstić information content (AvgIpc) is 2.51. The summed E-state index contributed by atoms with van der Waals surface area (Å²) in [4.78, 5) is 0. The molecule has 1 saturated heterocycles. The Balaban J connectivity index is 2.40. The van der Waals surface area contributed by atoms with Crippen LogP contribution in [0.4, 0.5) is 8.78 Å². The third-order valence-electron chi connectivity index (χ3n) is 2.26. The molecule has 2 atom stereocenters. The summed E-state index contributed by atoms with van der Waals surface area (Å²) >= 11 is 0. The van der Waals surface area contributed by atoms with Gasteiger partial charge >= 0.3 is 0 Å². The minimum atomic E-state index is -2.22. The first-order valence-corrected chi connectivity index (χ1v) is 4.03. The van der Waals surface area contributed by atoms with Crippen LogP contribution in [-0.4, -0.2) is 26.1 Å². The van der Waals surface area contributed by atoms with E-state index in [9.17, 15) is 8.78 Å². The molecule has 0 amide bonds. The summed E-state index contributed by atoms with van der Waals surface area (Å²) in [5.41, 5.74) is 0.790. The van der Waals surface area contributed by atoms with E-state index in [2.05, 4.69) is 17.2 Å². The van der Waals surface area contributed by atoms with E-state index in [1.807, 2.05) is 0 Å². The number of hydrogen-bond acceptors (Lipinski definition) is 2. The Morgan fingerprint density at radius 1 is 1.67 bits per heavy atom. The lowest BCUT2D eigenvalue weighted by atomic mass is 10.1. The van der Waals surface area contributed by atoms with Gasteiger partial charge in [0.2, 0.25) is 6.43 Å². The minimum absolute atomic E-state index is 0.00833. The van der Waals surface area contributed by atoms with Gasteiger partial charge < -0.3 is 10.6 Å². The van der Waals surface area contributed by atoms with E-state index in [-0.39, 0.29) is 6.04 Å². The molecule has 1 aliphatic rings. The molecule has 0 aromatic rings. The molecule has 1 unspecified atom stereocenters. The van der Waals surface area contributed by atoms with Crippen LogP contribution < -0.4 is 10.6 Å². The first-order chi connectivity index (χ1) is 5.65. The van der Waals surface area contributed by atoms with Crippen molar-refractivity contribution >= 4 is 0 Å². The second kappa shape index (κ2) is 3.85. The SMILES string of the molecule is C=C(NC)C1C[C@H](C(F)F)CN1. The standard InChI is InChI=1S/C8H14F2N2/c1-5(11-2)7-3-6(4-12-7)8(9)10/h6-8,11-12H,1,3-4H2,2H3/t6-,7?/m0/s1. The molecule has 70 valence electrons. The number of likely N-dealkylation sites (N-methyl/N-ethyl adjacent to an activating group) is 1. The van der Waals surface area contributed by atoms with E-state index in [1.54, 1.807) is 7.05 Å². The largest absolute Gasteiger partial charge is 0.391 e. The zero-order valence-electron chi connectivity index (χ0n) is 7.11. The Morgan fingerprint density at radius 2 is 2.33 bits per heavy atom. The lowest BCUT2D eigenvalue weighted by Gasteiger charge is -2.12. The van der Waals surface area contributed by atoms with Crippen LogP contribution in [0, 0.1) is 5.92 Å². The highest BCUT2D eigenvalue weighted by atomic mass is 19.3. The first-order valence-electron chi connectivity index (χ1n) is 4.03. The zero-order valence-corrected chi connectivity index (χ0v) is 7.11. The highest BCUT2D eigenvalue weighted by Crippen LogP contribution is 2.23. The second-order valence-corrected chi connectivity index (χ2v) is 3.07. The van der Waals surface area contributed by atoms with E-state index >= 15 is 0 Å². The average molecular weight is 176 g/mol. The molecule has 1 rings (SSSR count). The fourth-order valence-corrected chi connectivity index (χ4v) is 1.39. The van der Waals surface area contributed by atoms with Crippen molar-refractivity contribution in [3.05, 3.63) is 12.3 Å². The number of rotatable bonds is 3. The summed E-state index contributed by atoms with van der Waals surface area (Å²) < 4.78 is 24.4. The van der Waals surface area contributed by atoms with Crippen LogP contribution in [0.25, 0.3) is 0 Å². The normalized spacial score (nSPS) is 29.3. The zero-order chi connectivity index (χ0) is 9.14. The molecule has 0 aromatic heterocycles. The molecule has 2 nitrogen and oxygen atoms in total. The molecule has 2 N–H and O–H groups in total. The fourth-order valence-electron chi connectivity index (χ4n) is 1.39. The Hall–Kier alpha value is -0.640. The Kier molecular flexibility index (Phi) is 3.03. The number of nitrogens with one attached hydrogen (secondary N) is 2. The van der Waals surface area contributed by atoms with Crippen LogP contribution in [0.5, 0.6) is 0 Å². The van der Waals surface area contributed by atoms with Crippen LogP contribution in [-0.2, 0) is 0 Å². The molecule has 0 radical (unpaired) electrons. The predicted molar refractivity (Wildman–Crippen MR) is 44.1 cm³/mol. The van der Waals surface area contributed by atoms with Crippen molar-refractivity contribution in [1.29, 1.82) is 0 Å². The summed E-state index contributed by atoms with van der Waals surface area (Å²) in [6.07, 6.45) is -1.73. The Bertz CT molecular complexity index is 170. The van der Waals surface area contributed by atoms with Crippen LogP contribution in [0.2, 0.25) is 0 Å². The molecule has 1 aliphatic heterocycles. The van der Waals surface area contributed by atoms with Crippen LogP contribution >= 0.6 is 0 Å². The molecule has 4 heteroatoms. The highest BCUT2D eigenvalue weighted by Gasteiger charge is 2.31.